The standard InChI is InChI=1S/C13H20N2O3/c1-15(10-5-7-11(16)8-6-10)13(17)12(14)4-3-9-18-2/h5-8,12,16H,3-4,9,14H2,1-2H3. The van der Waals surface area contributed by atoms with Crippen LogP contribution in [0.5, 0.6) is 5.75 Å². The van der Waals surface area contributed by atoms with E-state index in [0.29, 0.717) is 18.7 Å². The van der Waals surface area contributed by atoms with Crippen LogP contribution in [-0.2, 0) is 9.53 Å². The Morgan fingerprint density at radius 2 is 2.06 bits per heavy atom. The second kappa shape index (κ2) is 6.98. The molecule has 1 aromatic carbocycles. The van der Waals surface area contributed by atoms with Crippen molar-refractivity contribution in [3.63, 3.8) is 0 Å². The molecule has 0 fully saturated rings. The summed E-state index contributed by atoms with van der Waals surface area (Å²) in [6.07, 6.45) is 1.35. The monoisotopic (exact) mass is 252 g/mol. The fraction of sp³-hybridized carbons (Fsp3) is 0.462. The molecular formula is C13H20N2O3. The smallest absolute Gasteiger partial charge is 0.243 e. The Morgan fingerprint density at radius 3 is 2.61 bits per heavy atom. The summed E-state index contributed by atoms with van der Waals surface area (Å²) in [5.41, 5.74) is 6.54. The summed E-state index contributed by atoms with van der Waals surface area (Å²) < 4.78 is 4.92. The van der Waals surface area contributed by atoms with Gasteiger partial charge in [-0.3, -0.25) is 4.79 Å². The topological polar surface area (TPSA) is 75.8 Å². The van der Waals surface area contributed by atoms with Gasteiger partial charge in [-0.25, -0.2) is 0 Å². The molecule has 1 amide bonds. The van der Waals surface area contributed by atoms with Gasteiger partial charge in [-0.05, 0) is 37.1 Å². The van der Waals surface area contributed by atoms with Crippen molar-refractivity contribution >= 4 is 11.6 Å². The Bertz CT molecular complexity index is 378. The minimum absolute atomic E-state index is 0.142. The molecule has 1 unspecified atom stereocenters. The summed E-state index contributed by atoms with van der Waals surface area (Å²) in [4.78, 5) is 13.5. The van der Waals surface area contributed by atoms with Crippen LogP contribution in [0, 0.1) is 0 Å². The number of methoxy groups -OCH3 is 1. The first-order chi connectivity index (χ1) is 8.56. The summed E-state index contributed by atoms with van der Waals surface area (Å²) in [6.45, 7) is 0.601. The average molecular weight is 252 g/mol. The van der Waals surface area contributed by atoms with Gasteiger partial charge in [-0.1, -0.05) is 0 Å². The van der Waals surface area contributed by atoms with Gasteiger partial charge in [0.1, 0.15) is 5.75 Å². The van der Waals surface area contributed by atoms with Crippen molar-refractivity contribution in [3.05, 3.63) is 24.3 Å². The van der Waals surface area contributed by atoms with E-state index in [9.17, 15) is 9.90 Å². The number of phenols is 1. The van der Waals surface area contributed by atoms with Crippen LogP contribution in [0.3, 0.4) is 0 Å². The first-order valence-corrected chi connectivity index (χ1v) is 5.87. The minimum Gasteiger partial charge on any atom is -0.508 e. The molecule has 1 atom stereocenters. The number of aromatic hydroxyl groups is 1. The van der Waals surface area contributed by atoms with Gasteiger partial charge in [-0.2, -0.15) is 0 Å². The van der Waals surface area contributed by atoms with Gasteiger partial charge in [0.25, 0.3) is 0 Å². The summed E-state index contributed by atoms with van der Waals surface area (Å²) in [5.74, 6) is 0.0285. The maximum absolute atomic E-state index is 12.0. The molecule has 0 aliphatic carbocycles. The fourth-order valence-corrected chi connectivity index (χ4v) is 1.62. The van der Waals surface area contributed by atoms with E-state index in [-0.39, 0.29) is 11.7 Å². The highest BCUT2D eigenvalue weighted by atomic mass is 16.5. The van der Waals surface area contributed by atoms with Gasteiger partial charge >= 0.3 is 0 Å². The molecule has 0 aliphatic heterocycles. The van der Waals surface area contributed by atoms with Crippen molar-refractivity contribution < 1.29 is 14.6 Å². The van der Waals surface area contributed by atoms with E-state index in [2.05, 4.69) is 0 Å². The maximum atomic E-state index is 12.0. The molecule has 100 valence electrons. The molecule has 5 heteroatoms. The van der Waals surface area contributed by atoms with Crippen LogP contribution in [0.4, 0.5) is 5.69 Å². The van der Waals surface area contributed by atoms with Crippen molar-refractivity contribution in [2.45, 2.75) is 18.9 Å². The number of likely N-dealkylation sites (N-methyl/N-ethyl adjacent to an activating group) is 1. The molecule has 0 heterocycles. The zero-order valence-electron chi connectivity index (χ0n) is 10.8. The number of phenolic OH excluding ortho intramolecular Hbond substituents is 1. The van der Waals surface area contributed by atoms with Crippen molar-refractivity contribution in [1.29, 1.82) is 0 Å². The van der Waals surface area contributed by atoms with Crippen LogP contribution in [0.15, 0.2) is 24.3 Å². The number of carbonyl (C=O) groups is 1. The highest BCUT2D eigenvalue weighted by Crippen LogP contribution is 2.18. The van der Waals surface area contributed by atoms with Crippen LogP contribution < -0.4 is 10.6 Å². The molecule has 0 bridgehead atoms. The van der Waals surface area contributed by atoms with E-state index in [1.807, 2.05) is 0 Å². The van der Waals surface area contributed by atoms with Crippen LogP contribution in [0.25, 0.3) is 0 Å². The SMILES string of the molecule is COCCCC(N)C(=O)N(C)c1ccc(O)cc1. The number of benzene rings is 1. The van der Waals surface area contributed by atoms with Crippen LogP contribution in [0.2, 0.25) is 0 Å². The second-order valence-corrected chi connectivity index (χ2v) is 4.16. The Morgan fingerprint density at radius 1 is 1.44 bits per heavy atom. The van der Waals surface area contributed by atoms with Gasteiger partial charge in [0.15, 0.2) is 0 Å². The molecule has 1 rings (SSSR count). The normalized spacial score (nSPS) is 12.2. The van der Waals surface area contributed by atoms with Gasteiger partial charge in [0, 0.05) is 26.5 Å². The number of hydrogen-bond acceptors (Lipinski definition) is 4. The van der Waals surface area contributed by atoms with Gasteiger partial charge in [0.2, 0.25) is 5.91 Å². The van der Waals surface area contributed by atoms with E-state index in [1.165, 1.54) is 17.0 Å². The van der Waals surface area contributed by atoms with Crippen molar-refractivity contribution in [2.24, 2.45) is 5.73 Å². The third-order valence-corrected chi connectivity index (χ3v) is 2.75. The lowest BCUT2D eigenvalue weighted by atomic mass is 10.1. The number of ether oxygens (including phenoxy) is 1. The van der Waals surface area contributed by atoms with E-state index in [0.717, 1.165) is 6.42 Å². The largest absolute Gasteiger partial charge is 0.508 e. The predicted octanol–water partition coefficient (Wildman–Crippen LogP) is 1.11. The molecule has 0 spiro atoms. The van der Waals surface area contributed by atoms with Crippen LogP contribution >= 0.6 is 0 Å². The quantitative estimate of drug-likeness (QED) is 0.744. The molecule has 18 heavy (non-hydrogen) atoms. The van der Waals surface area contributed by atoms with Crippen molar-refractivity contribution in [2.75, 3.05) is 25.7 Å². The molecule has 0 aliphatic rings. The number of anilines is 1. The van der Waals surface area contributed by atoms with Crippen molar-refractivity contribution in [3.8, 4) is 5.75 Å². The highest BCUT2D eigenvalue weighted by molar-refractivity contribution is 5.96. The molecule has 0 saturated carbocycles. The molecule has 3 N–H and O–H groups in total. The Balaban J connectivity index is 2.57. The van der Waals surface area contributed by atoms with E-state index >= 15 is 0 Å². The van der Waals surface area contributed by atoms with Gasteiger partial charge in [-0.15, -0.1) is 0 Å². The number of nitrogens with two attached hydrogens (primary N) is 1. The summed E-state index contributed by atoms with van der Waals surface area (Å²) in [5, 5.41) is 9.19. The van der Waals surface area contributed by atoms with Crippen LogP contribution in [-0.4, -0.2) is 37.8 Å². The van der Waals surface area contributed by atoms with E-state index in [4.69, 9.17) is 10.5 Å². The molecule has 1 aromatic rings. The van der Waals surface area contributed by atoms with Gasteiger partial charge in [0.05, 0.1) is 6.04 Å². The first kappa shape index (κ1) is 14.5. The zero-order valence-corrected chi connectivity index (χ0v) is 10.8. The lowest BCUT2D eigenvalue weighted by Gasteiger charge is -2.21. The molecular weight excluding hydrogens is 232 g/mol. The molecule has 0 saturated heterocycles. The molecule has 5 nitrogen and oxygen atoms in total. The summed E-state index contributed by atoms with van der Waals surface area (Å²) in [7, 11) is 3.29. The van der Waals surface area contributed by atoms with E-state index in [1.54, 1.807) is 26.3 Å². The van der Waals surface area contributed by atoms with E-state index < -0.39 is 6.04 Å². The number of rotatable bonds is 6. The average Bonchev–Trinajstić information content (AvgIpc) is 2.38. The summed E-state index contributed by atoms with van der Waals surface area (Å²) in [6, 6.07) is 5.90. The van der Waals surface area contributed by atoms with Crippen LogP contribution in [0.1, 0.15) is 12.8 Å². The second-order valence-electron chi connectivity index (χ2n) is 4.16. The third kappa shape index (κ3) is 4.01. The zero-order chi connectivity index (χ0) is 13.5. The number of nitrogens with zero attached hydrogens (tertiary/aromatic N) is 1. The molecule has 0 aromatic heterocycles. The maximum Gasteiger partial charge on any atom is 0.243 e. The lowest BCUT2D eigenvalue weighted by molar-refractivity contribution is -0.119. The van der Waals surface area contributed by atoms with Crippen molar-refractivity contribution in [1.82, 2.24) is 0 Å². The number of amides is 1. The Hall–Kier alpha value is -1.59. The lowest BCUT2D eigenvalue weighted by Crippen LogP contribution is -2.42. The van der Waals surface area contributed by atoms with Gasteiger partial charge < -0.3 is 20.5 Å². The molecule has 0 radical (unpaired) electrons. The number of hydrogen-bond donors (Lipinski definition) is 2. The summed E-state index contributed by atoms with van der Waals surface area (Å²) >= 11 is 0. The highest BCUT2D eigenvalue weighted by Gasteiger charge is 2.18. The Labute approximate surface area is 107 Å². The predicted molar refractivity (Wildman–Crippen MR) is 70.6 cm³/mol. The third-order valence-electron chi connectivity index (χ3n) is 2.75. The number of carbonyl (C=O) groups excluding carboxylic acids is 1. The fourth-order valence-electron chi connectivity index (χ4n) is 1.62. The first-order valence-electron chi connectivity index (χ1n) is 5.87. The Kier molecular flexibility index (Phi) is 5.61. The minimum atomic E-state index is -0.529.